The summed E-state index contributed by atoms with van der Waals surface area (Å²) in [6.45, 7) is -0.0136. The lowest BCUT2D eigenvalue weighted by molar-refractivity contribution is -0.385. The summed E-state index contributed by atoms with van der Waals surface area (Å²) in [5, 5.41) is 28.7. The molecule has 0 aliphatic heterocycles. The number of nitrogens with zero attached hydrogens (tertiary/aromatic N) is 1. The van der Waals surface area contributed by atoms with Crippen molar-refractivity contribution in [2.45, 2.75) is 18.9 Å². The summed E-state index contributed by atoms with van der Waals surface area (Å²) in [6, 6.07) is 3.21. The highest BCUT2D eigenvalue weighted by atomic mass is 35.5. The van der Waals surface area contributed by atoms with Gasteiger partial charge in [0, 0.05) is 18.7 Å². The molecule has 0 fully saturated rings. The number of hydrogen-bond acceptors (Lipinski definition) is 5. The molecular weight excluding hydrogens is 248 g/mol. The highest BCUT2D eigenvalue weighted by Crippen LogP contribution is 2.29. The first kappa shape index (κ1) is 15.6. The third-order valence-electron chi connectivity index (χ3n) is 2.28. The van der Waals surface area contributed by atoms with Crippen LogP contribution in [0.25, 0.3) is 0 Å². The molecule has 0 aromatic heterocycles. The second kappa shape index (κ2) is 7.05. The number of nitrogens with two attached hydrogens (primary N) is 1. The summed E-state index contributed by atoms with van der Waals surface area (Å²) < 4.78 is 0. The molecule has 0 spiro atoms. The van der Waals surface area contributed by atoms with Crippen LogP contribution in [-0.4, -0.2) is 21.7 Å². The Labute approximate surface area is 105 Å². The molecule has 0 aliphatic rings. The van der Waals surface area contributed by atoms with Gasteiger partial charge in [0.15, 0.2) is 0 Å². The van der Waals surface area contributed by atoms with Crippen molar-refractivity contribution in [3.8, 4) is 5.75 Å². The van der Waals surface area contributed by atoms with Gasteiger partial charge in [-0.05, 0) is 25.0 Å². The molecule has 0 heterocycles. The summed E-state index contributed by atoms with van der Waals surface area (Å²) in [4.78, 5) is 10.2. The van der Waals surface area contributed by atoms with Gasteiger partial charge < -0.3 is 15.9 Å². The second-order valence-electron chi connectivity index (χ2n) is 3.47. The maximum atomic E-state index is 10.7. The fourth-order valence-electron chi connectivity index (χ4n) is 1.47. The van der Waals surface area contributed by atoms with Gasteiger partial charge in [-0.1, -0.05) is 0 Å². The molecule has 17 heavy (non-hydrogen) atoms. The number of phenolic OH excluding ortho intramolecular Hbond substituents is 1. The van der Waals surface area contributed by atoms with E-state index in [2.05, 4.69) is 0 Å². The van der Waals surface area contributed by atoms with Crippen molar-refractivity contribution in [1.82, 2.24) is 0 Å². The van der Waals surface area contributed by atoms with Crippen LogP contribution in [0.15, 0.2) is 18.2 Å². The van der Waals surface area contributed by atoms with Crippen molar-refractivity contribution in [2.24, 2.45) is 5.73 Å². The van der Waals surface area contributed by atoms with Gasteiger partial charge in [-0.25, -0.2) is 0 Å². The Bertz CT molecular complexity index is 387. The summed E-state index contributed by atoms with van der Waals surface area (Å²) in [7, 11) is 0. The first-order valence-corrected chi connectivity index (χ1v) is 4.90. The smallest absolute Gasteiger partial charge is 0.274 e. The van der Waals surface area contributed by atoms with Crippen LogP contribution in [0.3, 0.4) is 0 Å². The van der Waals surface area contributed by atoms with E-state index in [1.807, 2.05) is 0 Å². The maximum absolute atomic E-state index is 10.7. The van der Waals surface area contributed by atoms with Crippen LogP contribution in [-0.2, 0) is 0 Å². The van der Waals surface area contributed by atoms with E-state index in [1.54, 1.807) is 0 Å². The van der Waals surface area contributed by atoms with Crippen molar-refractivity contribution < 1.29 is 15.1 Å². The molecule has 0 saturated heterocycles. The van der Waals surface area contributed by atoms with Crippen molar-refractivity contribution in [3.05, 3.63) is 33.9 Å². The van der Waals surface area contributed by atoms with Crippen molar-refractivity contribution in [3.63, 3.8) is 0 Å². The third kappa shape index (κ3) is 4.18. The monoisotopic (exact) mass is 262 g/mol. The number of benzene rings is 1. The topological polar surface area (TPSA) is 110 Å². The molecule has 4 N–H and O–H groups in total. The fourth-order valence-corrected chi connectivity index (χ4v) is 1.47. The Morgan fingerprint density at radius 3 is 2.65 bits per heavy atom. The number of aliphatic hydroxyl groups excluding tert-OH is 1. The Morgan fingerprint density at radius 1 is 1.47 bits per heavy atom. The third-order valence-corrected chi connectivity index (χ3v) is 2.28. The minimum Gasteiger partial charge on any atom is -0.508 e. The first-order valence-electron chi connectivity index (χ1n) is 4.90. The van der Waals surface area contributed by atoms with Crippen LogP contribution in [0.5, 0.6) is 5.75 Å². The van der Waals surface area contributed by atoms with E-state index in [1.165, 1.54) is 18.2 Å². The van der Waals surface area contributed by atoms with Crippen LogP contribution in [0.4, 0.5) is 5.69 Å². The molecular formula is C10H15ClN2O4. The molecule has 7 heteroatoms. The zero-order valence-corrected chi connectivity index (χ0v) is 9.89. The SMILES string of the molecule is Cl.N[C@H](CCCO)c1cc(O)ccc1[N+](=O)[O-]. The summed E-state index contributed by atoms with van der Waals surface area (Å²) >= 11 is 0. The highest BCUT2D eigenvalue weighted by molar-refractivity contribution is 5.85. The summed E-state index contributed by atoms with van der Waals surface area (Å²) in [6.07, 6.45) is 0.898. The number of phenols is 1. The van der Waals surface area contributed by atoms with Crippen LogP contribution in [0, 0.1) is 10.1 Å². The minimum absolute atomic E-state index is 0. The normalized spacial score (nSPS) is 11.6. The van der Waals surface area contributed by atoms with E-state index < -0.39 is 11.0 Å². The Morgan fingerprint density at radius 2 is 2.12 bits per heavy atom. The maximum Gasteiger partial charge on any atom is 0.274 e. The van der Waals surface area contributed by atoms with Crippen LogP contribution in [0.2, 0.25) is 0 Å². The molecule has 0 unspecified atom stereocenters. The number of aliphatic hydroxyl groups is 1. The Hall–Kier alpha value is -1.37. The van der Waals surface area contributed by atoms with Crippen molar-refractivity contribution in [1.29, 1.82) is 0 Å². The van der Waals surface area contributed by atoms with E-state index in [-0.39, 0.29) is 30.5 Å². The quantitative estimate of drug-likeness (QED) is 0.550. The molecule has 1 aromatic rings. The molecule has 6 nitrogen and oxygen atoms in total. The van der Waals surface area contributed by atoms with Crippen LogP contribution >= 0.6 is 12.4 Å². The number of rotatable bonds is 5. The van der Waals surface area contributed by atoms with E-state index in [9.17, 15) is 15.2 Å². The summed E-state index contributed by atoms with van der Waals surface area (Å²) in [5.74, 6) is -0.0555. The van der Waals surface area contributed by atoms with E-state index in [0.29, 0.717) is 18.4 Å². The lowest BCUT2D eigenvalue weighted by Gasteiger charge is -2.11. The standard InChI is InChI=1S/C10H14N2O4.ClH/c11-9(2-1-5-13)8-6-7(14)3-4-10(8)12(15)16;/h3-4,6,9,13-14H,1-2,5,11H2;1H/t9-;/m1./s1. The average Bonchev–Trinajstić information content (AvgIpc) is 2.25. The van der Waals surface area contributed by atoms with Gasteiger partial charge in [0.2, 0.25) is 0 Å². The molecule has 1 aromatic carbocycles. The minimum atomic E-state index is -0.556. The largest absolute Gasteiger partial charge is 0.508 e. The zero-order chi connectivity index (χ0) is 12.1. The molecule has 0 radical (unpaired) electrons. The first-order chi connectivity index (χ1) is 7.56. The van der Waals surface area contributed by atoms with Gasteiger partial charge in [-0.3, -0.25) is 10.1 Å². The van der Waals surface area contributed by atoms with Gasteiger partial charge in [-0.15, -0.1) is 12.4 Å². The average molecular weight is 263 g/mol. The lowest BCUT2D eigenvalue weighted by atomic mass is 10.0. The van der Waals surface area contributed by atoms with Gasteiger partial charge in [0.25, 0.3) is 5.69 Å². The number of halogens is 1. The summed E-state index contributed by atoms with van der Waals surface area (Å²) in [5.41, 5.74) is 5.94. The predicted octanol–water partition coefficient (Wildman–Crippen LogP) is 1.49. The molecule has 96 valence electrons. The molecule has 1 rings (SSSR count). The molecule has 1 atom stereocenters. The molecule has 0 saturated carbocycles. The lowest BCUT2D eigenvalue weighted by Crippen LogP contribution is -2.12. The van der Waals surface area contributed by atoms with Gasteiger partial charge in [0.1, 0.15) is 5.75 Å². The number of hydrogen-bond donors (Lipinski definition) is 3. The van der Waals surface area contributed by atoms with Gasteiger partial charge >= 0.3 is 0 Å². The molecule has 0 amide bonds. The zero-order valence-electron chi connectivity index (χ0n) is 9.07. The molecule has 0 bridgehead atoms. The van der Waals surface area contributed by atoms with Gasteiger partial charge in [-0.2, -0.15) is 0 Å². The van der Waals surface area contributed by atoms with Gasteiger partial charge in [0.05, 0.1) is 10.5 Å². The van der Waals surface area contributed by atoms with Crippen LogP contribution < -0.4 is 5.73 Å². The second-order valence-corrected chi connectivity index (χ2v) is 3.47. The number of nitro benzene ring substituents is 1. The van der Waals surface area contributed by atoms with Crippen molar-refractivity contribution >= 4 is 18.1 Å². The fraction of sp³-hybridized carbons (Fsp3) is 0.400. The van der Waals surface area contributed by atoms with E-state index in [4.69, 9.17) is 10.8 Å². The predicted molar refractivity (Wildman–Crippen MR) is 65.3 cm³/mol. The van der Waals surface area contributed by atoms with Crippen molar-refractivity contribution in [2.75, 3.05) is 6.61 Å². The Kier molecular flexibility index (Phi) is 6.48. The molecule has 0 aliphatic carbocycles. The Balaban J connectivity index is 0.00000256. The number of aromatic hydroxyl groups is 1. The highest BCUT2D eigenvalue weighted by Gasteiger charge is 2.19. The van der Waals surface area contributed by atoms with E-state index in [0.717, 1.165) is 0 Å². The van der Waals surface area contributed by atoms with Crippen LogP contribution in [0.1, 0.15) is 24.4 Å². The van der Waals surface area contributed by atoms with E-state index >= 15 is 0 Å². The number of nitro groups is 1.